The van der Waals surface area contributed by atoms with E-state index in [-0.39, 0.29) is 39.5 Å². The molecule has 2 N–H and O–H groups in total. The first-order valence-electron chi connectivity index (χ1n) is 15.8. The van der Waals surface area contributed by atoms with Crippen LogP contribution in [0.25, 0.3) is 0 Å². The predicted molar refractivity (Wildman–Crippen MR) is 156 cm³/mol. The van der Waals surface area contributed by atoms with Gasteiger partial charge < -0.3 is 14.9 Å². The van der Waals surface area contributed by atoms with Crippen molar-refractivity contribution in [2.45, 2.75) is 126 Å². The molecule has 7 heteroatoms. The van der Waals surface area contributed by atoms with Crippen LogP contribution in [0.4, 0.5) is 0 Å². The molecule has 0 spiro atoms. The summed E-state index contributed by atoms with van der Waals surface area (Å²) in [5, 5.41) is 18.4. The van der Waals surface area contributed by atoms with Crippen molar-refractivity contribution in [1.82, 2.24) is 0 Å². The average Bonchev–Trinajstić information content (AvgIpc) is 3.15. The van der Waals surface area contributed by atoms with Gasteiger partial charge in [0.1, 0.15) is 18.3 Å². The summed E-state index contributed by atoms with van der Waals surface area (Å²) in [5.41, 5.74) is 3.19. The maximum absolute atomic E-state index is 13.1. The minimum atomic E-state index is -1.16. The number of ketones is 1. The number of carbonyl (C=O) groups excluding carboxylic acids is 2. The number of aliphatic carboxylic acids is 2. The third-order valence-electron chi connectivity index (χ3n) is 13.2. The van der Waals surface area contributed by atoms with Gasteiger partial charge in [0.05, 0.1) is 5.92 Å². The van der Waals surface area contributed by atoms with Gasteiger partial charge in [0.25, 0.3) is 0 Å². The van der Waals surface area contributed by atoms with Gasteiger partial charge in [0.2, 0.25) is 0 Å². The molecular weight excluding hydrogens is 520 g/mol. The second-order valence-corrected chi connectivity index (χ2v) is 15.3. The molecule has 0 aliphatic heterocycles. The molecule has 2 saturated carbocycles. The molecule has 230 valence electrons. The number of carboxylic acid groups (broad SMARTS) is 2. The van der Waals surface area contributed by atoms with Crippen LogP contribution < -0.4 is 0 Å². The first kappa shape index (κ1) is 31.7. The van der Waals surface area contributed by atoms with E-state index in [1.165, 1.54) is 0 Å². The number of carboxylic acids is 2. The van der Waals surface area contributed by atoms with Crippen molar-refractivity contribution in [3.8, 4) is 0 Å². The Bertz CT molecular complexity index is 1140. The summed E-state index contributed by atoms with van der Waals surface area (Å²) < 4.78 is 5.77. The fourth-order valence-electron chi connectivity index (χ4n) is 10.3. The second kappa shape index (κ2) is 10.8. The van der Waals surface area contributed by atoms with E-state index in [0.717, 1.165) is 51.4 Å². The van der Waals surface area contributed by atoms with Crippen molar-refractivity contribution >= 4 is 23.7 Å². The van der Waals surface area contributed by atoms with Gasteiger partial charge in [-0.3, -0.25) is 19.2 Å². The highest BCUT2D eigenvalue weighted by Crippen LogP contribution is 2.72. The molecule has 9 atom stereocenters. The Balaban J connectivity index is 1.56. The van der Waals surface area contributed by atoms with Crippen LogP contribution in [0.3, 0.4) is 0 Å². The lowest BCUT2D eigenvalue weighted by Crippen LogP contribution is -2.56. The summed E-state index contributed by atoms with van der Waals surface area (Å²) in [6.45, 7) is 17.3. The Hall–Kier alpha value is -2.18. The van der Waals surface area contributed by atoms with Gasteiger partial charge in [-0.25, -0.2) is 0 Å². The zero-order valence-electron chi connectivity index (χ0n) is 26.5. The molecule has 2 fully saturated rings. The summed E-state index contributed by atoms with van der Waals surface area (Å²) in [5.74, 6) is -2.81. The molecule has 4 rings (SSSR count). The van der Waals surface area contributed by atoms with E-state index in [1.54, 1.807) is 25.0 Å². The number of esters is 1. The van der Waals surface area contributed by atoms with E-state index < -0.39 is 36.2 Å². The Kier molecular flexibility index (Phi) is 8.38. The Labute approximate surface area is 245 Å². The highest BCUT2D eigenvalue weighted by atomic mass is 16.5. The molecule has 0 saturated heterocycles. The Morgan fingerprint density at radius 2 is 1.51 bits per heavy atom. The van der Waals surface area contributed by atoms with Gasteiger partial charge in [-0.1, -0.05) is 66.5 Å². The molecule has 0 radical (unpaired) electrons. The molecule has 0 aromatic carbocycles. The molecule has 4 aliphatic rings. The summed E-state index contributed by atoms with van der Waals surface area (Å²) in [6.07, 6.45) is 7.67. The number of fused-ring (bicyclic) bond motifs is 4. The smallest absolute Gasteiger partial charge is 0.317 e. The molecule has 4 aliphatic carbocycles. The minimum absolute atomic E-state index is 0.0270. The molecule has 0 aromatic heterocycles. The SMILES string of the molecule is CC(C(=O)O)[C@@H](C)C(=O)C[C@@H](C)[C@H]1CC[C@@]2(C)C3=C(CC[C@]12C)[C@@]1(C)CCC(OC(=O)CC(=O)O)C(C)(C)C1CC3. The quantitative estimate of drug-likeness (QED) is 0.172. The molecule has 7 nitrogen and oxygen atoms in total. The zero-order valence-corrected chi connectivity index (χ0v) is 26.5. The number of hydrogen-bond acceptors (Lipinski definition) is 5. The molecule has 0 amide bonds. The molecular formula is C34H52O7. The van der Waals surface area contributed by atoms with Gasteiger partial charge in [0, 0.05) is 17.8 Å². The fourth-order valence-corrected chi connectivity index (χ4v) is 10.3. The first-order valence-corrected chi connectivity index (χ1v) is 15.8. The summed E-state index contributed by atoms with van der Waals surface area (Å²) in [6, 6.07) is 0. The van der Waals surface area contributed by atoms with E-state index in [9.17, 15) is 24.3 Å². The van der Waals surface area contributed by atoms with E-state index in [0.29, 0.717) is 18.3 Å². The van der Waals surface area contributed by atoms with Gasteiger partial charge >= 0.3 is 17.9 Å². The average molecular weight is 573 g/mol. The topological polar surface area (TPSA) is 118 Å². The van der Waals surface area contributed by atoms with Crippen LogP contribution in [0.5, 0.6) is 0 Å². The highest BCUT2D eigenvalue weighted by molar-refractivity contribution is 5.90. The van der Waals surface area contributed by atoms with Gasteiger partial charge in [-0.15, -0.1) is 0 Å². The second-order valence-electron chi connectivity index (χ2n) is 15.3. The van der Waals surface area contributed by atoms with Crippen molar-refractivity contribution in [2.75, 3.05) is 0 Å². The van der Waals surface area contributed by atoms with E-state index >= 15 is 0 Å². The molecule has 3 unspecified atom stereocenters. The Morgan fingerprint density at radius 3 is 2.12 bits per heavy atom. The van der Waals surface area contributed by atoms with E-state index in [2.05, 4.69) is 41.5 Å². The number of allylic oxidation sites excluding steroid dienone is 2. The number of rotatable bonds is 9. The van der Waals surface area contributed by atoms with Crippen molar-refractivity contribution in [1.29, 1.82) is 0 Å². The lowest BCUT2D eigenvalue weighted by atomic mass is 9.43. The zero-order chi connectivity index (χ0) is 30.7. The molecule has 0 heterocycles. The van der Waals surface area contributed by atoms with Crippen molar-refractivity contribution in [3.63, 3.8) is 0 Å². The fraction of sp³-hybridized carbons (Fsp3) is 0.824. The standard InChI is InChI=1S/C34H52O7/c1-19(17-25(35)20(2)21(3)30(39)40)22-11-15-34(8)24-9-10-26-31(4,5)27(41-29(38)18-28(36)37)13-14-32(26,6)23(24)12-16-33(22,34)7/h19-22,26-27H,9-18H2,1-8H3,(H,36,37)(H,39,40)/t19-,20-,21?,22-,26?,27?,32-,33-,34+/m1/s1. The van der Waals surface area contributed by atoms with Crippen LogP contribution in [-0.2, 0) is 23.9 Å². The van der Waals surface area contributed by atoms with Crippen LogP contribution in [0, 0.1) is 51.2 Å². The van der Waals surface area contributed by atoms with Crippen LogP contribution >= 0.6 is 0 Å². The summed E-state index contributed by atoms with van der Waals surface area (Å²) in [7, 11) is 0. The highest BCUT2D eigenvalue weighted by Gasteiger charge is 2.63. The monoisotopic (exact) mass is 572 g/mol. The minimum Gasteiger partial charge on any atom is -0.481 e. The van der Waals surface area contributed by atoms with Crippen LogP contribution in [-0.4, -0.2) is 40.0 Å². The lowest BCUT2D eigenvalue weighted by Gasteiger charge is -2.62. The summed E-state index contributed by atoms with van der Waals surface area (Å²) in [4.78, 5) is 47.9. The number of Topliss-reactive ketones (excluding diaryl/α,β-unsaturated/α-hetero) is 1. The van der Waals surface area contributed by atoms with Gasteiger partial charge in [0.15, 0.2) is 0 Å². The normalized spacial score (nSPS) is 38.1. The lowest BCUT2D eigenvalue weighted by molar-refractivity contribution is -0.172. The summed E-state index contributed by atoms with van der Waals surface area (Å²) >= 11 is 0. The van der Waals surface area contributed by atoms with Gasteiger partial charge in [-0.05, 0) is 85.4 Å². The van der Waals surface area contributed by atoms with E-state index in [1.807, 2.05) is 0 Å². The third-order valence-corrected chi connectivity index (χ3v) is 13.2. The van der Waals surface area contributed by atoms with Crippen LogP contribution in [0.2, 0.25) is 0 Å². The van der Waals surface area contributed by atoms with Crippen molar-refractivity contribution < 1.29 is 34.1 Å². The van der Waals surface area contributed by atoms with Crippen LogP contribution in [0.15, 0.2) is 11.1 Å². The van der Waals surface area contributed by atoms with Crippen molar-refractivity contribution in [3.05, 3.63) is 11.1 Å². The largest absolute Gasteiger partial charge is 0.481 e. The maximum atomic E-state index is 13.1. The third kappa shape index (κ3) is 5.07. The molecule has 0 aromatic rings. The maximum Gasteiger partial charge on any atom is 0.317 e. The molecule has 0 bridgehead atoms. The predicted octanol–water partition coefficient (Wildman–Crippen LogP) is 7.07. The first-order chi connectivity index (χ1) is 18.9. The Morgan fingerprint density at radius 1 is 0.854 bits per heavy atom. The number of hydrogen-bond donors (Lipinski definition) is 2. The van der Waals surface area contributed by atoms with Gasteiger partial charge in [-0.2, -0.15) is 0 Å². The number of carbonyl (C=O) groups is 4. The van der Waals surface area contributed by atoms with Crippen molar-refractivity contribution in [2.24, 2.45) is 51.2 Å². The van der Waals surface area contributed by atoms with Crippen LogP contribution in [0.1, 0.15) is 120 Å². The molecule has 41 heavy (non-hydrogen) atoms. The van der Waals surface area contributed by atoms with E-state index in [4.69, 9.17) is 9.84 Å². The number of ether oxygens (including phenoxy) is 1.